The number of rotatable bonds is 40. The highest BCUT2D eigenvalue weighted by Gasteiger charge is 2.24. The summed E-state index contributed by atoms with van der Waals surface area (Å²) in [4.78, 5) is 25.9. The van der Waals surface area contributed by atoms with Gasteiger partial charge in [-0.25, -0.2) is 0 Å². The highest BCUT2D eigenvalue weighted by Crippen LogP contribution is 2.17. The molecule has 0 heterocycles. The zero-order chi connectivity index (χ0) is 38.9. The number of hydrogen-bond acceptors (Lipinski definition) is 5. The van der Waals surface area contributed by atoms with E-state index in [4.69, 9.17) is 4.74 Å². The van der Waals surface area contributed by atoms with Crippen molar-refractivity contribution in [1.82, 2.24) is 5.32 Å². The van der Waals surface area contributed by atoms with Gasteiger partial charge in [0.25, 0.3) is 0 Å². The molecule has 0 spiro atoms. The average Bonchev–Trinajstić information content (AvgIpc) is 3.15. The molecule has 0 saturated heterocycles. The fourth-order valence-corrected chi connectivity index (χ4v) is 6.80. The van der Waals surface area contributed by atoms with Crippen LogP contribution in [0.4, 0.5) is 0 Å². The fourth-order valence-electron chi connectivity index (χ4n) is 6.80. The van der Waals surface area contributed by atoms with Gasteiger partial charge in [-0.2, -0.15) is 0 Å². The van der Waals surface area contributed by atoms with Gasteiger partial charge in [-0.3, -0.25) is 9.59 Å². The molecule has 0 aliphatic carbocycles. The van der Waals surface area contributed by atoms with E-state index in [0.29, 0.717) is 19.3 Å². The number of carbonyl (C=O) groups excluding carboxylic acids is 2. The van der Waals surface area contributed by atoms with E-state index in [1.165, 1.54) is 96.3 Å². The number of unbranched alkanes of at least 4 members (excludes halogenated alkanes) is 22. The summed E-state index contributed by atoms with van der Waals surface area (Å²) in [5, 5.41) is 23.6. The summed E-state index contributed by atoms with van der Waals surface area (Å²) in [6.07, 6.45) is 46.3. The normalized spacial score (nSPS) is 13.7. The van der Waals surface area contributed by atoms with E-state index in [0.717, 1.165) is 83.5 Å². The van der Waals surface area contributed by atoms with Crippen LogP contribution in [0.2, 0.25) is 0 Å². The smallest absolute Gasteiger partial charge is 0.306 e. The van der Waals surface area contributed by atoms with Gasteiger partial charge < -0.3 is 20.3 Å². The maximum atomic E-state index is 13.1. The van der Waals surface area contributed by atoms with Gasteiger partial charge >= 0.3 is 5.97 Å². The van der Waals surface area contributed by atoms with Crippen molar-refractivity contribution in [2.75, 3.05) is 6.61 Å². The van der Waals surface area contributed by atoms with E-state index < -0.39 is 18.2 Å². The molecule has 310 valence electrons. The standard InChI is InChI=1S/C47H87NO5/c1-4-7-10-13-16-19-21-22-23-25-28-31-34-37-40-47(52)53-43(38-35-32-29-27-24-20-17-14-11-8-5-2)41-46(51)48-44(42-49)45(50)39-36-33-30-26-18-15-12-9-6-3/h7,10,16,19,22-23,43-45,49-50H,4-6,8-9,11-15,17-18,20-21,24-42H2,1-3H3,(H,48,51)/b10-7+,19-16+,23-22+. The van der Waals surface area contributed by atoms with Crippen molar-refractivity contribution in [1.29, 1.82) is 0 Å². The minimum Gasteiger partial charge on any atom is -0.462 e. The first kappa shape index (κ1) is 51.1. The molecule has 0 aliphatic heterocycles. The van der Waals surface area contributed by atoms with E-state index in [-0.39, 0.29) is 24.9 Å². The van der Waals surface area contributed by atoms with Crippen LogP contribution in [0.1, 0.15) is 226 Å². The number of ether oxygens (including phenoxy) is 1. The summed E-state index contributed by atoms with van der Waals surface area (Å²) in [6, 6.07) is -0.700. The second-order valence-corrected chi connectivity index (χ2v) is 15.4. The monoisotopic (exact) mass is 746 g/mol. The molecule has 0 aromatic heterocycles. The number of nitrogens with one attached hydrogen (secondary N) is 1. The molecule has 0 aromatic rings. The van der Waals surface area contributed by atoms with E-state index in [1.807, 2.05) is 0 Å². The maximum Gasteiger partial charge on any atom is 0.306 e. The molecule has 0 bridgehead atoms. The third-order valence-electron chi connectivity index (χ3n) is 10.2. The summed E-state index contributed by atoms with van der Waals surface area (Å²) < 4.78 is 5.89. The Morgan fingerprint density at radius 1 is 0.566 bits per heavy atom. The summed E-state index contributed by atoms with van der Waals surface area (Å²) in [6.45, 7) is 6.33. The maximum absolute atomic E-state index is 13.1. The number of aliphatic hydroxyl groups excluding tert-OH is 2. The Balaban J connectivity index is 4.61. The predicted octanol–water partition coefficient (Wildman–Crippen LogP) is 12.9. The average molecular weight is 746 g/mol. The number of aliphatic hydroxyl groups is 2. The quantitative estimate of drug-likeness (QED) is 0.0330. The molecule has 0 aromatic carbocycles. The number of carbonyl (C=O) groups is 2. The lowest BCUT2D eigenvalue weighted by Crippen LogP contribution is -2.46. The first-order chi connectivity index (χ1) is 26.0. The topological polar surface area (TPSA) is 95.9 Å². The number of esters is 1. The van der Waals surface area contributed by atoms with Gasteiger partial charge in [0.2, 0.25) is 5.91 Å². The SMILES string of the molecule is CC/C=C/C/C=C/C/C=C/CCCCCCC(=O)OC(CCCCCCCCCCCCC)CC(=O)NC(CO)C(O)CCCCCCCCCCC. The molecule has 1 amide bonds. The summed E-state index contributed by atoms with van der Waals surface area (Å²) in [5.74, 6) is -0.497. The molecular formula is C47H87NO5. The van der Waals surface area contributed by atoms with Crippen molar-refractivity contribution in [3.63, 3.8) is 0 Å². The Morgan fingerprint density at radius 2 is 1.02 bits per heavy atom. The Hall–Kier alpha value is -1.92. The highest BCUT2D eigenvalue weighted by molar-refractivity contribution is 5.77. The summed E-state index contributed by atoms with van der Waals surface area (Å²) in [7, 11) is 0. The zero-order valence-corrected chi connectivity index (χ0v) is 35.1. The lowest BCUT2D eigenvalue weighted by molar-refractivity contribution is -0.151. The second-order valence-electron chi connectivity index (χ2n) is 15.4. The Labute approximate surface area is 328 Å². The molecule has 6 heteroatoms. The zero-order valence-electron chi connectivity index (χ0n) is 35.1. The Morgan fingerprint density at radius 3 is 1.55 bits per heavy atom. The summed E-state index contributed by atoms with van der Waals surface area (Å²) in [5.41, 5.74) is 0. The van der Waals surface area contributed by atoms with Crippen molar-refractivity contribution in [2.24, 2.45) is 0 Å². The van der Waals surface area contributed by atoms with Crippen LogP contribution in [-0.4, -0.2) is 46.9 Å². The molecule has 3 unspecified atom stereocenters. The largest absolute Gasteiger partial charge is 0.462 e. The van der Waals surface area contributed by atoms with Crippen LogP contribution in [0.5, 0.6) is 0 Å². The predicted molar refractivity (Wildman–Crippen MR) is 227 cm³/mol. The Kier molecular flexibility index (Phi) is 39.8. The van der Waals surface area contributed by atoms with Gasteiger partial charge in [-0.1, -0.05) is 192 Å². The molecule has 0 radical (unpaired) electrons. The fraction of sp³-hybridized carbons (Fsp3) is 0.830. The van der Waals surface area contributed by atoms with E-state index in [2.05, 4.69) is 62.5 Å². The van der Waals surface area contributed by atoms with Gasteiger partial charge in [0.15, 0.2) is 0 Å². The first-order valence-electron chi connectivity index (χ1n) is 22.7. The molecular weight excluding hydrogens is 659 g/mol. The van der Waals surface area contributed by atoms with Gasteiger partial charge in [0, 0.05) is 6.42 Å². The molecule has 0 aliphatic rings. The van der Waals surface area contributed by atoms with E-state index in [9.17, 15) is 19.8 Å². The molecule has 0 rings (SSSR count). The van der Waals surface area contributed by atoms with Gasteiger partial charge in [0.05, 0.1) is 25.2 Å². The van der Waals surface area contributed by atoms with E-state index >= 15 is 0 Å². The van der Waals surface area contributed by atoms with Crippen molar-refractivity contribution in [2.45, 2.75) is 244 Å². The highest BCUT2D eigenvalue weighted by atomic mass is 16.5. The van der Waals surface area contributed by atoms with Crippen molar-refractivity contribution >= 4 is 11.9 Å². The molecule has 53 heavy (non-hydrogen) atoms. The third-order valence-corrected chi connectivity index (χ3v) is 10.2. The van der Waals surface area contributed by atoms with Crippen LogP contribution in [0, 0.1) is 0 Å². The van der Waals surface area contributed by atoms with Crippen LogP contribution >= 0.6 is 0 Å². The minimum absolute atomic E-state index is 0.0711. The third kappa shape index (κ3) is 36.8. The molecule has 6 nitrogen and oxygen atoms in total. The van der Waals surface area contributed by atoms with Crippen molar-refractivity contribution in [3.05, 3.63) is 36.5 Å². The van der Waals surface area contributed by atoms with E-state index in [1.54, 1.807) is 0 Å². The van der Waals surface area contributed by atoms with Crippen LogP contribution in [0.3, 0.4) is 0 Å². The lowest BCUT2D eigenvalue weighted by atomic mass is 10.0. The molecule has 3 N–H and O–H groups in total. The molecule has 0 fully saturated rings. The van der Waals surface area contributed by atoms with Crippen LogP contribution < -0.4 is 5.32 Å². The molecule has 0 saturated carbocycles. The van der Waals surface area contributed by atoms with Crippen molar-refractivity contribution < 1.29 is 24.5 Å². The minimum atomic E-state index is -0.786. The number of hydrogen-bond donors (Lipinski definition) is 3. The first-order valence-corrected chi connectivity index (χ1v) is 22.7. The molecule has 3 atom stereocenters. The summed E-state index contributed by atoms with van der Waals surface area (Å²) >= 11 is 0. The van der Waals surface area contributed by atoms with Gasteiger partial charge in [0.1, 0.15) is 6.10 Å². The van der Waals surface area contributed by atoms with Crippen molar-refractivity contribution in [3.8, 4) is 0 Å². The van der Waals surface area contributed by atoms with Crippen LogP contribution in [-0.2, 0) is 14.3 Å². The second kappa shape index (κ2) is 41.2. The number of allylic oxidation sites excluding steroid dienone is 6. The van der Waals surface area contributed by atoms with Crippen LogP contribution in [0.15, 0.2) is 36.5 Å². The lowest BCUT2D eigenvalue weighted by Gasteiger charge is -2.24. The van der Waals surface area contributed by atoms with Gasteiger partial charge in [-0.05, 0) is 57.8 Å². The number of amides is 1. The van der Waals surface area contributed by atoms with Gasteiger partial charge in [-0.15, -0.1) is 0 Å². The Bertz CT molecular complexity index is 884. The van der Waals surface area contributed by atoms with Crippen LogP contribution in [0.25, 0.3) is 0 Å².